The zero-order chi connectivity index (χ0) is 14.5. The number of amides is 1. The second kappa shape index (κ2) is 6.68. The predicted octanol–water partition coefficient (Wildman–Crippen LogP) is 1.40. The first-order valence-electron chi connectivity index (χ1n) is 6.21. The van der Waals surface area contributed by atoms with Crippen LogP contribution < -0.4 is 10.0 Å². The fraction of sp³-hybridized carbons (Fsp3) is 0.462. The van der Waals surface area contributed by atoms with Gasteiger partial charge in [0.1, 0.15) is 0 Å². The van der Waals surface area contributed by atoms with Gasteiger partial charge in [0.05, 0.1) is 4.90 Å². The highest BCUT2D eigenvalue weighted by Crippen LogP contribution is 2.11. The van der Waals surface area contributed by atoms with E-state index in [4.69, 9.17) is 0 Å². The highest BCUT2D eigenvalue weighted by Gasteiger charge is 2.15. The molecule has 0 fully saturated rings. The van der Waals surface area contributed by atoms with Gasteiger partial charge in [0, 0.05) is 19.5 Å². The summed E-state index contributed by atoms with van der Waals surface area (Å²) in [5.41, 5.74) is 0.859. The van der Waals surface area contributed by atoms with Crippen LogP contribution in [0.4, 0.5) is 0 Å². The van der Waals surface area contributed by atoms with Crippen molar-refractivity contribution in [2.45, 2.75) is 44.7 Å². The molecule has 2 N–H and O–H groups in total. The Morgan fingerprint density at radius 3 is 2.32 bits per heavy atom. The molecule has 0 bridgehead atoms. The molecule has 0 saturated heterocycles. The Kier molecular flexibility index (Phi) is 5.50. The summed E-state index contributed by atoms with van der Waals surface area (Å²) in [7, 11) is -3.46. The van der Waals surface area contributed by atoms with Gasteiger partial charge in [-0.1, -0.05) is 19.1 Å². The molecule has 0 aliphatic heterocycles. The number of hydrogen-bond acceptors (Lipinski definition) is 3. The van der Waals surface area contributed by atoms with Crippen molar-refractivity contribution >= 4 is 15.9 Å². The van der Waals surface area contributed by atoms with E-state index in [0.29, 0.717) is 6.54 Å². The highest BCUT2D eigenvalue weighted by molar-refractivity contribution is 7.89. The van der Waals surface area contributed by atoms with Gasteiger partial charge in [-0.2, -0.15) is 0 Å². The number of carbonyl (C=O) groups excluding carboxylic acids is 1. The molecule has 1 aromatic rings. The minimum atomic E-state index is -3.46. The van der Waals surface area contributed by atoms with Crippen molar-refractivity contribution in [2.75, 3.05) is 0 Å². The van der Waals surface area contributed by atoms with Gasteiger partial charge in [-0.25, -0.2) is 13.1 Å². The van der Waals surface area contributed by atoms with Crippen LogP contribution in [0.25, 0.3) is 0 Å². The first kappa shape index (κ1) is 15.7. The third kappa shape index (κ3) is 5.00. The van der Waals surface area contributed by atoms with E-state index >= 15 is 0 Å². The van der Waals surface area contributed by atoms with E-state index in [9.17, 15) is 13.2 Å². The molecule has 0 saturated carbocycles. The third-order valence-electron chi connectivity index (χ3n) is 2.74. The summed E-state index contributed by atoms with van der Waals surface area (Å²) in [6.45, 7) is 5.58. The molecule has 1 amide bonds. The summed E-state index contributed by atoms with van der Waals surface area (Å²) in [4.78, 5) is 11.0. The second-order valence-electron chi connectivity index (χ2n) is 4.48. The zero-order valence-electron chi connectivity index (χ0n) is 11.4. The lowest BCUT2D eigenvalue weighted by Crippen LogP contribution is -2.32. The Balaban J connectivity index is 2.77. The molecule has 0 aliphatic rings. The second-order valence-corrected chi connectivity index (χ2v) is 6.20. The quantitative estimate of drug-likeness (QED) is 0.829. The molecule has 1 unspecified atom stereocenters. The SMILES string of the molecule is CCC(C)NS(=O)(=O)c1ccc(CNC(C)=O)cc1. The summed E-state index contributed by atoms with van der Waals surface area (Å²) >= 11 is 0. The van der Waals surface area contributed by atoms with E-state index in [2.05, 4.69) is 10.0 Å². The molecule has 19 heavy (non-hydrogen) atoms. The van der Waals surface area contributed by atoms with Gasteiger partial charge >= 0.3 is 0 Å². The number of carbonyl (C=O) groups is 1. The van der Waals surface area contributed by atoms with Gasteiger partial charge < -0.3 is 5.32 Å². The minimum absolute atomic E-state index is 0.0935. The fourth-order valence-electron chi connectivity index (χ4n) is 1.43. The van der Waals surface area contributed by atoms with E-state index < -0.39 is 10.0 Å². The maximum Gasteiger partial charge on any atom is 0.240 e. The largest absolute Gasteiger partial charge is 0.352 e. The zero-order valence-corrected chi connectivity index (χ0v) is 12.3. The third-order valence-corrected chi connectivity index (χ3v) is 4.35. The monoisotopic (exact) mass is 284 g/mol. The van der Waals surface area contributed by atoms with Crippen LogP contribution in [-0.4, -0.2) is 20.4 Å². The molecular weight excluding hydrogens is 264 g/mol. The molecule has 0 aromatic heterocycles. The van der Waals surface area contributed by atoms with Gasteiger partial charge in [-0.05, 0) is 31.0 Å². The number of hydrogen-bond donors (Lipinski definition) is 2. The number of sulfonamides is 1. The minimum Gasteiger partial charge on any atom is -0.352 e. The van der Waals surface area contributed by atoms with Crippen molar-refractivity contribution in [2.24, 2.45) is 0 Å². The van der Waals surface area contributed by atoms with Gasteiger partial charge in [0.2, 0.25) is 15.9 Å². The van der Waals surface area contributed by atoms with Crippen LogP contribution in [0.15, 0.2) is 29.2 Å². The Morgan fingerprint density at radius 2 is 1.84 bits per heavy atom. The van der Waals surface area contributed by atoms with Crippen molar-refractivity contribution < 1.29 is 13.2 Å². The summed E-state index contributed by atoms with van der Waals surface area (Å²) in [5.74, 6) is -0.116. The summed E-state index contributed by atoms with van der Waals surface area (Å²) in [6.07, 6.45) is 0.736. The van der Waals surface area contributed by atoms with Crippen LogP contribution in [0.1, 0.15) is 32.8 Å². The first-order chi connectivity index (χ1) is 8.85. The van der Waals surface area contributed by atoms with Gasteiger partial charge in [0.25, 0.3) is 0 Å². The molecule has 106 valence electrons. The van der Waals surface area contributed by atoms with E-state index in [1.807, 2.05) is 13.8 Å². The Morgan fingerprint density at radius 1 is 1.26 bits per heavy atom. The molecule has 0 radical (unpaired) electrons. The Labute approximate surface area is 114 Å². The average Bonchev–Trinajstić information content (AvgIpc) is 2.36. The van der Waals surface area contributed by atoms with Crippen LogP contribution >= 0.6 is 0 Å². The number of rotatable bonds is 6. The lowest BCUT2D eigenvalue weighted by molar-refractivity contribution is -0.119. The molecule has 6 heteroatoms. The molecule has 0 spiro atoms. The van der Waals surface area contributed by atoms with Crippen LogP contribution in [-0.2, 0) is 21.4 Å². The summed E-state index contributed by atoms with van der Waals surface area (Å²) in [6, 6.07) is 6.38. The van der Waals surface area contributed by atoms with Crippen molar-refractivity contribution in [3.8, 4) is 0 Å². The first-order valence-corrected chi connectivity index (χ1v) is 7.69. The molecular formula is C13H20N2O3S. The topological polar surface area (TPSA) is 75.3 Å². The maximum absolute atomic E-state index is 12.0. The van der Waals surface area contributed by atoms with E-state index in [1.165, 1.54) is 6.92 Å². The van der Waals surface area contributed by atoms with Gasteiger partial charge in [0.15, 0.2) is 0 Å². The van der Waals surface area contributed by atoms with Gasteiger partial charge in [-0.15, -0.1) is 0 Å². The van der Waals surface area contributed by atoms with Crippen molar-refractivity contribution in [1.29, 1.82) is 0 Å². The van der Waals surface area contributed by atoms with Crippen LogP contribution in [0.5, 0.6) is 0 Å². The average molecular weight is 284 g/mol. The molecule has 1 atom stereocenters. The van der Waals surface area contributed by atoms with E-state index in [0.717, 1.165) is 12.0 Å². The molecule has 1 aromatic carbocycles. The maximum atomic E-state index is 12.0. The Bertz CT molecular complexity index is 523. The van der Waals surface area contributed by atoms with Gasteiger partial charge in [-0.3, -0.25) is 4.79 Å². The van der Waals surface area contributed by atoms with E-state index in [-0.39, 0.29) is 16.8 Å². The molecule has 1 rings (SSSR count). The van der Waals surface area contributed by atoms with Crippen molar-refractivity contribution in [3.05, 3.63) is 29.8 Å². The summed E-state index contributed by atoms with van der Waals surface area (Å²) < 4.78 is 26.6. The lowest BCUT2D eigenvalue weighted by atomic mass is 10.2. The summed E-state index contributed by atoms with van der Waals surface area (Å²) in [5, 5.41) is 2.66. The van der Waals surface area contributed by atoms with Crippen LogP contribution in [0.2, 0.25) is 0 Å². The highest BCUT2D eigenvalue weighted by atomic mass is 32.2. The smallest absolute Gasteiger partial charge is 0.240 e. The molecule has 0 aliphatic carbocycles. The Hall–Kier alpha value is -1.40. The lowest BCUT2D eigenvalue weighted by Gasteiger charge is -2.12. The van der Waals surface area contributed by atoms with Crippen LogP contribution in [0.3, 0.4) is 0 Å². The van der Waals surface area contributed by atoms with Crippen LogP contribution in [0, 0.1) is 0 Å². The van der Waals surface area contributed by atoms with E-state index in [1.54, 1.807) is 24.3 Å². The van der Waals surface area contributed by atoms with Crippen molar-refractivity contribution in [3.63, 3.8) is 0 Å². The number of benzene rings is 1. The number of nitrogens with one attached hydrogen (secondary N) is 2. The molecule has 5 nitrogen and oxygen atoms in total. The normalized spacial score (nSPS) is 13.0. The predicted molar refractivity (Wildman–Crippen MR) is 74.0 cm³/mol. The fourth-order valence-corrected chi connectivity index (χ4v) is 2.76. The molecule has 0 heterocycles. The van der Waals surface area contributed by atoms with Crippen molar-refractivity contribution in [1.82, 2.24) is 10.0 Å². The standard InChI is InChI=1S/C13H20N2O3S/c1-4-10(2)15-19(17,18)13-7-5-12(6-8-13)9-14-11(3)16/h5-8,10,15H,4,9H2,1-3H3,(H,14,16).